The molecule has 1 aliphatic carbocycles. The summed E-state index contributed by atoms with van der Waals surface area (Å²) in [6.45, 7) is 4.64. The van der Waals surface area contributed by atoms with Crippen LogP contribution >= 0.6 is 12.4 Å². The summed E-state index contributed by atoms with van der Waals surface area (Å²) in [5.74, 6) is -0.644. The van der Waals surface area contributed by atoms with Crippen LogP contribution in [-0.4, -0.2) is 31.3 Å². The molecule has 3 atom stereocenters. The second-order valence-corrected chi connectivity index (χ2v) is 6.93. The molecular weight excluding hydrogens is 335 g/mol. The second kappa shape index (κ2) is 6.50. The number of hydrogen-bond acceptors (Lipinski definition) is 4. The van der Waals surface area contributed by atoms with Crippen molar-refractivity contribution in [3.63, 3.8) is 0 Å². The first-order valence-electron chi connectivity index (χ1n) is 7.88. The monoisotopic (exact) mass is 358 g/mol. The lowest BCUT2D eigenvalue weighted by atomic mass is 9.46. The van der Waals surface area contributed by atoms with E-state index in [4.69, 9.17) is 15.2 Å². The molecule has 24 heavy (non-hydrogen) atoms. The average molecular weight is 359 g/mol. The van der Waals surface area contributed by atoms with Crippen LogP contribution in [0.25, 0.3) is 0 Å². The Balaban J connectivity index is 0.00000208. The maximum Gasteiger partial charge on any atom is 0.245 e. The highest BCUT2D eigenvalue weighted by Gasteiger charge is 2.70. The molecule has 134 valence electrons. The molecule has 1 aromatic carbocycles. The molecule has 0 bridgehead atoms. The topological polar surface area (TPSA) is 73.6 Å². The van der Waals surface area contributed by atoms with Gasteiger partial charge in [-0.25, -0.2) is 4.39 Å². The van der Waals surface area contributed by atoms with Gasteiger partial charge in [-0.1, -0.05) is 13.8 Å². The molecule has 2 aliphatic rings. The fourth-order valence-corrected chi connectivity index (χ4v) is 4.01. The van der Waals surface area contributed by atoms with Crippen molar-refractivity contribution in [3.8, 4) is 5.75 Å². The van der Waals surface area contributed by atoms with Crippen molar-refractivity contribution in [1.29, 1.82) is 0 Å². The molecule has 1 amide bonds. The van der Waals surface area contributed by atoms with Gasteiger partial charge in [-0.15, -0.1) is 12.4 Å². The first kappa shape index (κ1) is 19.0. The van der Waals surface area contributed by atoms with Gasteiger partial charge in [0, 0.05) is 29.7 Å². The van der Waals surface area contributed by atoms with Crippen LogP contribution in [0.3, 0.4) is 0 Å². The third-order valence-electron chi connectivity index (χ3n) is 5.47. The minimum atomic E-state index is -1.00. The second-order valence-electron chi connectivity index (χ2n) is 6.93. The molecule has 1 aliphatic heterocycles. The number of nitrogens with two attached hydrogens (primary N) is 1. The molecule has 1 aromatic rings. The highest BCUT2D eigenvalue weighted by Crippen LogP contribution is 2.57. The summed E-state index contributed by atoms with van der Waals surface area (Å²) < 4.78 is 24.2. The molecule has 0 spiro atoms. The molecule has 5 nitrogen and oxygen atoms in total. The lowest BCUT2D eigenvalue weighted by Gasteiger charge is -2.65. The van der Waals surface area contributed by atoms with Crippen molar-refractivity contribution < 1.29 is 18.7 Å². The van der Waals surface area contributed by atoms with E-state index >= 15 is 0 Å². The Kier molecular flexibility index (Phi) is 5.14. The Bertz CT molecular complexity index is 640. The number of nitrogens with one attached hydrogen (secondary N) is 1. The zero-order chi connectivity index (χ0) is 16.8. The normalized spacial score (nSPS) is 30.4. The summed E-state index contributed by atoms with van der Waals surface area (Å²) in [7, 11) is 1.38. The number of halogens is 2. The molecule has 0 aromatic heterocycles. The Hall–Kier alpha value is -1.37. The van der Waals surface area contributed by atoms with Gasteiger partial charge in [0.15, 0.2) is 11.6 Å². The molecule has 7 heteroatoms. The van der Waals surface area contributed by atoms with Crippen molar-refractivity contribution in [2.45, 2.75) is 38.3 Å². The van der Waals surface area contributed by atoms with Gasteiger partial charge in [0.25, 0.3) is 0 Å². The van der Waals surface area contributed by atoms with Gasteiger partial charge in [0.2, 0.25) is 5.91 Å². The zero-order valence-corrected chi connectivity index (χ0v) is 14.9. The van der Waals surface area contributed by atoms with Crippen LogP contribution < -0.4 is 15.8 Å². The van der Waals surface area contributed by atoms with Gasteiger partial charge in [0.1, 0.15) is 5.54 Å². The summed E-state index contributed by atoms with van der Waals surface area (Å²) in [5, 5.41) is 2.81. The number of carbonyl (C=O) groups excluding carboxylic acids is 1. The number of amides is 1. The molecule has 0 radical (unpaired) electrons. The summed E-state index contributed by atoms with van der Waals surface area (Å²) in [6, 6.07) is 4.22. The van der Waals surface area contributed by atoms with Crippen LogP contribution in [-0.2, 0) is 9.53 Å². The minimum Gasteiger partial charge on any atom is -0.494 e. The minimum absolute atomic E-state index is 0. The van der Waals surface area contributed by atoms with Crippen molar-refractivity contribution in [2.75, 3.05) is 19.0 Å². The summed E-state index contributed by atoms with van der Waals surface area (Å²) in [5.41, 5.74) is 5.54. The van der Waals surface area contributed by atoms with Gasteiger partial charge >= 0.3 is 0 Å². The van der Waals surface area contributed by atoms with Gasteiger partial charge in [0.05, 0.1) is 13.2 Å². The van der Waals surface area contributed by atoms with E-state index in [0.717, 1.165) is 19.4 Å². The van der Waals surface area contributed by atoms with E-state index in [1.165, 1.54) is 25.3 Å². The standard InChI is InChI=1S/C17H23FN2O3.ClH/c1-16(2)14-11(5-4-8-23-14)17(16,19)15(21)20-10-6-7-12(18)13(9-10)22-3;/h6-7,9,11,14H,4-5,8,19H2,1-3H3,(H,20,21);1H. The molecule has 3 unspecified atom stereocenters. The van der Waals surface area contributed by atoms with E-state index in [0.29, 0.717) is 5.69 Å². The molecule has 1 saturated carbocycles. The molecule has 3 rings (SSSR count). The van der Waals surface area contributed by atoms with Crippen molar-refractivity contribution >= 4 is 24.0 Å². The van der Waals surface area contributed by atoms with Crippen LogP contribution in [0.5, 0.6) is 5.75 Å². The van der Waals surface area contributed by atoms with E-state index in [-0.39, 0.29) is 36.1 Å². The van der Waals surface area contributed by atoms with Crippen LogP contribution in [0, 0.1) is 17.2 Å². The summed E-state index contributed by atoms with van der Waals surface area (Å²) in [6.07, 6.45) is 1.80. The van der Waals surface area contributed by atoms with E-state index in [9.17, 15) is 9.18 Å². The Morgan fingerprint density at radius 2 is 2.17 bits per heavy atom. The van der Waals surface area contributed by atoms with Gasteiger partial charge in [-0.2, -0.15) is 0 Å². The predicted octanol–water partition coefficient (Wildman–Crippen LogP) is 2.73. The van der Waals surface area contributed by atoms with Gasteiger partial charge in [-0.05, 0) is 25.0 Å². The lowest BCUT2D eigenvalue weighted by molar-refractivity contribution is -0.222. The number of rotatable bonds is 3. The van der Waals surface area contributed by atoms with E-state index < -0.39 is 16.8 Å². The SMILES string of the molecule is COc1cc(NC(=O)C2(N)C3CCCOC3C2(C)C)ccc1F.Cl. The molecule has 1 saturated heterocycles. The largest absolute Gasteiger partial charge is 0.494 e. The highest BCUT2D eigenvalue weighted by molar-refractivity contribution is 6.00. The number of benzene rings is 1. The molecule has 2 fully saturated rings. The average Bonchev–Trinajstić information content (AvgIpc) is 2.55. The van der Waals surface area contributed by atoms with E-state index in [2.05, 4.69) is 5.32 Å². The van der Waals surface area contributed by atoms with Gasteiger partial charge < -0.3 is 20.5 Å². The Labute approximate surface area is 147 Å². The molecule has 1 heterocycles. The first-order valence-corrected chi connectivity index (χ1v) is 7.88. The fourth-order valence-electron chi connectivity index (χ4n) is 4.01. The first-order chi connectivity index (χ1) is 10.8. The van der Waals surface area contributed by atoms with Crippen LogP contribution in [0.15, 0.2) is 18.2 Å². The maximum atomic E-state index is 13.5. The number of anilines is 1. The van der Waals surface area contributed by atoms with Crippen molar-refractivity contribution in [2.24, 2.45) is 17.1 Å². The smallest absolute Gasteiger partial charge is 0.245 e. The summed E-state index contributed by atoms with van der Waals surface area (Å²) >= 11 is 0. The van der Waals surface area contributed by atoms with Crippen molar-refractivity contribution in [3.05, 3.63) is 24.0 Å². The number of carbonyl (C=O) groups is 1. The van der Waals surface area contributed by atoms with Crippen molar-refractivity contribution in [1.82, 2.24) is 0 Å². The number of ether oxygens (including phenoxy) is 2. The summed E-state index contributed by atoms with van der Waals surface area (Å²) in [4.78, 5) is 12.8. The number of methoxy groups -OCH3 is 1. The Morgan fingerprint density at radius 3 is 2.83 bits per heavy atom. The van der Waals surface area contributed by atoms with Crippen LogP contribution in [0.2, 0.25) is 0 Å². The van der Waals surface area contributed by atoms with E-state index in [1.54, 1.807) is 0 Å². The number of hydrogen-bond donors (Lipinski definition) is 2. The molecule has 3 N–H and O–H groups in total. The van der Waals surface area contributed by atoms with Gasteiger partial charge in [-0.3, -0.25) is 4.79 Å². The third-order valence-corrected chi connectivity index (χ3v) is 5.47. The third kappa shape index (κ3) is 2.57. The van der Waals surface area contributed by atoms with Crippen LogP contribution in [0.1, 0.15) is 26.7 Å². The maximum absolute atomic E-state index is 13.5. The quantitative estimate of drug-likeness (QED) is 0.871. The predicted molar refractivity (Wildman–Crippen MR) is 92.0 cm³/mol. The zero-order valence-electron chi connectivity index (χ0n) is 14.1. The number of fused-ring (bicyclic) bond motifs is 1. The Morgan fingerprint density at radius 1 is 1.46 bits per heavy atom. The fraction of sp³-hybridized carbons (Fsp3) is 0.588. The highest BCUT2D eigenvalue weighted by atomic mass is 35.5. The van der Waals surface area contributed by atoms with Crippen LogP contribution in [0.4, 0.5) is 10.1 Å². The molecular formula is C17H24ClFN2O3. The lowest BCUT2D eigenvalue weighted by Crippen LogP contribution is -2.81. The van der Waals surface area contributed by atoms with E-state index in [1.807, 2.05) is 13.8 Å².